The zero-order valence-corrected chi connectivity index (χ0v) is 14.7. The molecule has 26 heavy (non-hydrogen) atoms. The quantitative estimate of drug-likeness (QED) is 0.302. The zero-order chi connectivity index (χ0) is 19.4. The summed E-state index contributed by atoms with van der Waals surface area (Å²) >= 11 is 2.54. The van der Waals surface area contributed by atoms with E-state index < -0.39 is 35.2 Å². The molecule has 2 aliphatic rings. The molecule has 1 aromatic rings. The number of hydrogen-bond acceptors (Lipinski definition) is 9. The van der Waals surface area contributed by atoms with Crippen LogP contribution in [0.3, 0.4) is 0 Å². The minimum absolute atomic E-state index is 0.0548. The van der Waals surface area contributed by atoms with Gasteiger partial charge in [0.1, 0.15) is 23.2 Å². The third kappa shape index (κ3) is 3.79. The number of carbonyl (C=O) groups excluding carboxylic acids is 2. The lowest BCUT2D eigenvalue weighted by atomic mass is 10.0. The van der Waals surface area contributed by atoms with Gasteiger partial charge in [-0.3, -0.25) is 19.3 Å². The number of carboxylic acids is 1. The lowest BCUT2D eigenvalue weighted by Crippen LogP contribution is -2.70. The van der Waals surface area contributed by atoms with E-state index in [1.807, 2.05) is 0 Å². The number of nitrogen functional groups attached to an aromatic ring is 1. The number of anilines is 1. The molecule has 0 aliphatic carbocycles. The number of aliphatic carboxylic acids is 1. The minimum atomic E-state index is -1.16. The highest BCUT2D eigenvalue weighted by atomic mass is 32.2. The zero-order valence-electron chi connectivity index (χ0n) is 13.1. The largest absolute Gasteiger partial charge is 0.483 e. The van der Waals surface area contributed by atoms with E-state index in [1.54, 1.807) is 5.38 Å². The number of nitrogens with one attached hydrogen (secondary N) is 1. The van der Waals surface area contributed by atoms with Crippen molar-refractivity contribution in [1.29, 1.82) is 0 Å². The highest BCUT2D eigenvalue weighted by Gasteiger charge is 2.53. The molecule has 1 saturated heterocycles. The fourth-order valence-corrected chi connectivity index (χ4v) is 4.15. The van der Waals surface area contributed by atoms with Crippen LogP contribution in [0, 0.1) is 0 Å². The Morgan fingerprint density at radius 2 is 2.15 bits per heavy atom. The van der Waals surface area contributed by atoms with Gasteiger partial charge in [0.05, 0.1) is 5.69 Å². The second kappa shape index (κ2) is 8.16. The smallest absolute Gasteiger partial charge is 0.352 e. The highest BCUT2D eigenvalue weighted by Crippen LogP contribution is 2.37. The predicted octanol–water partition coefficient (Wildman–Crippen LogP) is -1.21. The second-order valence-electron chi connectivity index (χ2n) is 5.01. The number of nitrogens with zero attached hydrogens (tertiary/aromatic N) is 2. The van der Waals surface area contributed by atoms with Crippen LogP contribution >= 0.6 is 23.1 Å². The normalized spacial score (nSPS) is 22.0. The van der Waals surface area contributed by atoms with Crippen molar-refractivity contribution < 1.29 is 29.4 Å². The summed E-state index contributed by atoms with van der Waals surface area (Å²) in [6.45, 7) is -0.250. The number of fused-ring (bicyclic) bond motifs is 1. The summed E-state index contributed by atoms with van der Waals surface area (Å²) in [5.41, 5.74) is 11.6. The molecule has 1 fully saturated rings. The molecule has 3 atom stereocenters. The number of amides is 2. The Balaban J connectivity index is 0.000000758. The van der Waals surface area contributed by atoms with E-state index in [2.05, 4.69) is 10.3 Å². The van der Waals surface area contributed by atoms with E-state index in [1.165, 1.54) is 34.1 Å². The first-order valence-electron chi connectivity index (χ1n) is 7.04. The molecular formula is C13H15N5O6S2. The molecular weight excluding hydrogens is 386 g/mol. The Bertz CT molecular complexity index is 766. The number of rotatable bonds is 4. The summed E-state index contributed by atoms with van der Waals surface area (Å²) in [6.07, 6.45) is 1.48. The summed E-state index contributed by atoms with van der Waals surface area (Å²) in [4.78, 5) is 48.9. The Hall–Kier alpha value is -2.64. The van der Waals surface area contributed by atoms with E-state index in [0.29, 0.717) is 16.6 Å². The van der Waals surface area contributed by atoms with E-state index >= 15 is 0 Å². The molecule has 3 heterocycles. The Morgan fingerprint density at radius 3 is 2.69 bits per heavy atom. The lowest BCUT2D eigenvalue weighted by Gasteiger charge is -2.48. The molecule has 2 amide bonds. The van der Waals surface area contributed by atoms with Gasteiger partial charge in [-0.05, 0) is 6.08 Å². The van der Waals surface area contributed by atoms with Gasteiger partial charge in [0.25, 0.3) is 12.4 Å². The average molecular weight is 401 g/mol. The van der Waals surface area contributed by atoms with Gasteiger partial charge in [-0.15, -0.1) is 23.1 Å². The summed E-state index contributed by atoms with van der Waals surface area (Å²) in [7, 11) is 0. The summed E-state index contributed by atoms with van der Waals surface area (Å²) in [5.74, 6) is -1.73. The third-order valence-electron chi connectivity index (χ3n) is 3.50. The van der Waals surface area contributed by atoms with Crippen molar-refractivity contribution in [3.63, 3.8) is 0 Å². The third-order valence-corrected chi connectivity index (χ3v) is 5.38. The number of β-lactam (4-membered cyclic amide) rings is 1. The van der Waals surface area contributed by atoms with Crippen molar-refractivity contribution in [2.75, 3.05) is 11.5 Å². The SMILES string of the molecule is Nc1nc(C(N)C(=O)NC2C(=O)N3C(C(=O)O)=CCS[C@H]23)cs1.O=CO. The minimum Gasteiger partial charge on any atom is -0.483 e. The lowest BCUT2D eigenvalue weighted by molar-refractivity contribution is -0.150. The summed E-state index contributed by atoms with van der Waals surface area (Å²) in [5, 5.41) is 20.0. The molecule has 1 aromatic heterocycles. The van der Waals surface area contributed by atoms with Crippen molar-refractivity contribution in [2.24, 2.45) is 5.73 Å². The van der Waals surface area contributed by atoms with Crippen molar-refractivity contribution in [3.8, 4) is 0 Å². The van der Waals surface area contributed by atoms with Crippen LogP contribution in [0.5, 0.6) is 0 Å². The number of thiazole rings is 1. The van der Waals surface area contributed by atoms with Crippen LogP contribution in [-0.2, 0) is 19.2 Å². The monoisotopic (exact) mass is 401 g/mol. The van der Waals surface area contributed by atoms with Crippen molar-refractivity contribution in [2.45, 2.75) is 17.5 Å². The average Bonchev–Trinajstić information content (AvgIpc) is 3.04. The number of aromatic nitrogens is 1. The predicted molar refractivity (Wildman–Crippen MR) is 92.9 cm³/mol. The van der Waals surface area contributed by atoms with Crippen LogP contribution in [0.4, 0.5) is 5.13 Å². The molecule has 2 aliphatic heterocycles. The van der Waals surface area contributed by atoms with Crippen LogP contribution in [0.15, 0.2) is 17.2 Å². The number of thioether (sulfide) groups is 1. The highest BCUT2D eigenvalue weighted by molar-refractivity contribution is 8.00. The van der Waals surface area contributed by atoms with Gasteiger partial charge < -0.3 is 27.0 Å². The van der Waals surface area contributed by atoms with E-state index in [4.69, 9.17) is 26.5 Å². The molecule has 140 valence electrons. The maximum absolute atomic E-state index is 12.2. The number of carbonyl (C=O) groups is 4. The fourth-order valence-electron chi connectivity index (χ4n) is 2.36. The maximum atomic E-state index is 12.2. The summed E-state index contributed by atoms with van der Waals surface area (Å²) in [6, 6.07) is -1.83. The van der Waals surface area contributed by atoms with Crippen LogP contribution in [0.25, 0.3) is 0 Å². The topological polar surface area (TPSA) is 189 Å². The number of nitrogens with two attached hydrogens (primary N) is 2. The molecule has 7 N–H and O–H groups in total. The molecule has 0 aromatic carbocycles. The van der Waals surface area contributed by atoms with Crippen LogP contribution in [0.2, 0.25) is 0 Å². The molecule has 0 radical (unpaired) electrons. The van der Waals surface area contributed by atoms with Gasteiger partial charge in [-0.1, -0.05) is 0 Å². The van der Waals surface area contributed by atoms with Crippen LogP contribution < -0.4 is 16.8 Å². The Morgan fingerprint density at radius 1 is 1.50 bits per heavy atom. The molecule has 0 saturated carbocycles. The number of hydrogen-bond donors (Lipinski definition) is 5. The van der Waals surface area contributed by atoms with Crippen molar-refractivity contribution in [3.05, 3.63) is 22.8 Å². The molecule has 2 unspecified atom stereocenters. The van der Waals surface area contributed by atoms with Crippen LogP contribution in [0.1, 0.15) is 11.7 Å². The van der Waals surface area contributed by atoms with Crippen LogP contribution in [-0.4, -0.2) is 61.5 Å². The molecule has 0 spiro atoms. The Labute approximate surface area is 155 Å². The van der Waals surface area contributed by atoms with Gasteiger partial charge in [-0.25, -0.2) is 9.78 Å². The molecule has 3 rings (SSSR count). The van der Waals surface area contributed by atoms with E-state index in [9.17, 15) is 14.4 Å². The maximum Gasteiger partial charge on any atom is 0.352 e. The first-order chi connectivity index (χ1) is 12.3. The van der Waals surface area contributed by atoms with Gasteiger partial charge in [0, 0.05) is 11.1 Å². The number of carboxylic acid groups (broad SMARTS) is 2. The van der Waals surface area contributed by atoms with Crippen molar-refractivity contribution >= 4 is 52.5 Å². The standard InChI is InChI=1S/C12H13N5O4S2.CH2O2/c13-6(4-3-23-12(14)15-4)8(18)16-7-9(19)17-5(11(20)21)1-2-22-10(7)17;2-1-3/h1,3,6-7,10H,2,13H2,(H2,14,15)(H,16,18)(H,20,21);1H,(H,2,3)/t6?,7?,10-;/m1./s1. The summed E-state index contributed by atoms with van der Waals surface area (Å²) < 4.78 is 0. The van der Waals surface area contributed by atoms with Gasteiger partial charge in [-0.2, -0.15) is 0 Å². The first-order valence-corrected chi connectivity index (χ1v) is 8.97. The van der Waals surface area contributed by atoms with Gasteiger partial charge >= 0.3 is 5.97 Å². The molecule has 0 bridgehead atoms. The van der Waals surface area contributed by atoms with Crippen molar-refractivity contribution in [1.82, 2.24) is 15.2 Å². The van der Waals surface area contributed by atoms with Gasteiger partial charge in [0.2, 0.25) is 5.91 Å². The second-order valence-corrected chi connectivity index (χ2v) is 7.05. The fraction of sp³-hybridized carbons (Fsp3) is 0.308. The van der Waals surface area contributed by atoms with Gasteiger partial charge in [0.15, 0.2) is 5.13 Å². The molecule has 11 nitrogen and oxygen atoms in total. The van der Waals surface area contributed by atoms with E-state index in [-0.39, 0.29) is 12.2 Å². The molecule has 13 heteroatoms. The van der Waals surface area contributed by atoms with E-state index in [0.717, 1.165) is 0 Å². The Kier molecular flexibility index (Phi) is 6.18. The first kappa shape index (κ1) is 19.7.